The Bertz CT molecular complexity index is 1580. The molecule has 1 aromatic heterocycles. The summed E-state index contributed by atoms with van der Waals surface area (Å²) in [5.41, 5.74) is 3.96. The molecular formula is C37H44O8. The van der Waals surface area contributed by atoms with Crippen LogP contribution in [0.25, 0.3) is 22.1 Å². The van der Waals surface area contributed by atoms with Crippen molar-refractivity contribution in [1.29, 1.82) is 0 Å². The van der Waals surface area contributed by atoms with Crippen LogP contribution in [-0.2, 0) is 36.7 Å². The smallest absolute Gasteiger partial charge is 0.344 e. The van der Waals surface area contributed by atoms with Crippen LogP contribution < -0.4 is 10.4 Å². The third-order valence-corrected chi connectivity index (χ3v) is 7.22. The fourth-order valence-electron chi connectivity index (χ4n) is 4.63. The molecule has 2 aromatic carbocycles. The molecule has 0 unspecified atom stereocenters. The van der Waals surface area contributed by atoms with Gasteiger partial charge in [-0.1, -0.05) is 58.0 Å². The molecule has 0 saturated carbocycles. The number of hydrogen-bond acceptors (Lipinski definition) is 8. The van der Waals surface area contributed by atoms with Crippen molar-refractivity contribution in [1.82, 2.24) is 0 Å². The quantitative estimate of drug-likeness (QED) is 0.0499. The number of carbonyl (C=O) groups is 3. The molecule has 1 heterocycles. The number of unbranched alkanes of at least 4 members (excludes halogenated alkanes) is 4. The molecule has 8 nitrogen and oxygen atoms in total. The summed E-state index contributed by atoms with van der Waals surface area (Å²) < 4.78 is 21.6. The van der Waals surface area contributed by atoms with E-state index in [4.69, 9.17) is 18.6 Å². The van der Waals surface area contributed by atoms with E-state index in [0.29, 0.717) is 53.2 Å². The molecule has 45 heavy (non-hydrogen) atoms. The van der Waals surface area contributed by atoms with Gasteiger partial charge in [-0.3, -0.25) is 4.79 Å². The minimum Gasteiger partial charge on any atom is -0.465 e. The molecule has 0 atom stereocenters. The lowest BCUT2D eigenvalue weighted by molar-refractivity contribution is -0.147. The first-order chi connectivity index (χ1) is 21.5. The van der Waals surface area contributed by atoms with Crippen LogP contribution in [0.3, 0.4) is 0 Å². The summed E-state index contributed by atoms with van der Waals surface area (Å²) in [6, 6.07) is 12.7. The van der Waals surface area contributed by atoms with Crippen molar-refractivity contribution in [2.45, 2.75) is 79.1 Å². The van der Waals surface area contributed by atoms with E-state index in [1.54, 1.807) is 38.1 Å². The van der Waals surface area contributed by atoms with Crippen molar-refractivity contribution >= 4 is 28.9 Å². The van der Waals surface area contributed by atoms with Gasteiger partial charge in [0.15, 0.2) is 0 Å². The zero-order valence-corrected chi connectivity index (χ0v) is 26.9. The molecule has 240 valence electrons. The highest BCUT2D eigenvalue weighted by Crippen LogP contribution is 2.28. The summed E-state index contributed by atoms with van der Waals surface area (Å²) in [5.74, 6) is -0.888. The van der Waals surface area contributed by atoms with Gasteiger partial charge in [-0.15, -0.1) is 0 Å². The van der Waals surface area contributed by atoms with Gasteiger partial charge >= 0.3 is 23.5 Å². The Kier molecular flexibility index (Phi) is 13.3. The molecule has 0 amide bonds. The van der Waals surface area contributed by atoms with Crippen molar-refractivity contribution in [3.63, 3.8) is 0 Å². The van der Waals surface area contributed by atoms with Crippen LogP contribution in [0.5, 0.6) is 5.75 Å². The number of aryl methyl sites for hydroxylation is 2. The molecule has 0 spiro atoms. The van der Waals surface area contributed by atoms with E-state index in [0.717, 1.165) is 61.5 Å². The van der Waals surface area contributed by atoms with E-state index in [9.17, 15) is 19.2 Å². The summed E-state index contributed by atoms with van der Waals surface area (Å²) in [6.07, 6.45) is 6.69. The summed E-state index contributed by atoms with van der Waals surface area (Å²) in [4.78, 5) is 48.3. The first kappa shape index (κ1) is 35.0. The van der Waals surface area contributed by atoms with E-state index in [1.165, 1.54) is 0 Å². The molecule has 0 bridgehead atoms. The van der Waals surface area contributed by atoms with Crippen molar-refractivity contribution < 1.29 is 33.0 Å². The monoisotopic (exact) mass is 616 g/mol. The van der Waals surface area contributed by atoms with Crippen LogP contribution in [0.1, 0.15) is 77.3 Å². The van der Waals surface area contributed by atoms with Crippen LogP contribution in [0.2, 0.25) is 0 Å². The van der Waals surface area contributed by atoms with Crippen molar-refractivity contribution in [3.05, 3.63) is 88.3 Å². The molecule has 3 aromatic rings. The minimum absolute atomic E-state index is 0.162. The zero-order valence-electron chi connectivity index (χ0n) is 26.9. The standard InChI is InChI=1S/C37H44O8/c1-24(2)34(38)42-19-11-8-7-9-13-27-21-29(14-10-12-20-43-35(39)25(3)4)31-23-32(37(41)45-33(31)22-27)28-15-17-30(18-16-28)44-36(40)26(5)6/h15-18,21-23,25H,1,5,7-14,19-20H2,2-4,6H3. The first-order valence-corrected chi connectivity index (χ1v) is 15.5. The summed E-state index contributed by atoms with van der Waals surface area (Å²) in [6.45, 7) is 14.8. The molecule has 0 N–H and O–H groups in total. The normalized spacial score (nSPS) is 11.0. The highest BCUT2D eigenvalue weighted by molar-refractivity contribution is 5.89. The molecule has 0 fully saturated rings. The van der Waals surface area contributed by atoms with Gasteiger partial charge in [-0.2, -0.15) is 0 Å². The number of hydrogen-bond donors (Lipinski definition) is 0. The lowest BCUT2D eigenvalue weighted by atomic mass is 9.96. The van der Waals surface area contributed by atoms with Crippen LogP contribution >= 0.6 is 0 Å². The van der Waals surface area contributed by atoms with E-state index in [1.807, 2.05) is 26.0 Å². The van der Waals surface area contributed by atoms with Gasteiger partial charge in [-0.25, -0.2) is 14.4 Å². The number of carbonyl (C=O) groups excluding carboxylic acids is 3. The number of rotatable bonds is 17. The van der Waals surface area contributed by atoms with Crippen LogP contribution in [-0.4, -0.2) is 31.1 Å². The van der Waals surface area contributed by atoms with Crippen molar-refractivity contribution in [2.24, 2.45) is 5.92 Å². The lowest BCUT2D eigenvalue weighted by Gasteiger charge is -2.12. The Labute approximate surface area is 265 Å². The van der Waals surface area contributed by atoms with Crippen LogP contribution in [0.15, 0.2) is 76.0 Å². The maximum atomic E-state index is 13.1. The van der Waals surface area contributed by atoms with Gasteiger partial charge in [-0.05, 0) is 93.3 Å². The van der Waals surface area contributed by atoms with Gasteiger partial charge in [0.1, 0.15) is 11.3 Å². The Morgan fingerprint density at radius 2 is 1.40 bits per heavy atom. The molecular weight excluding hydrogens is 572 g/mol. The maximum absolute atomic E-state index is 13.1. The minimum atomic E-state index is -0.517. The molecule has 0 aliphatic rings. The zero-order chi connectivity index (χ0) is 32.9. The second-order valence-corrected chi connectivity index (χ2v) is 11.7. The summed E-state index contributed by atoms with van der Waals surface area (Å²) >= 11 is 0. The van der Waals surface area contributed by atoms with Crippen molar-refractivity contribution in [3.8, 4) is 16.9 Å². The van der Waals surface area contributed by atoms with E-state index < -0.39 is 11.6 Å². The van der Waals surface area contributed by atoms with E-state index >= 15 is 0 Å². The Morgan fingerprint density at radius 1 is 0.778 bits per heavy atom. The second-order valence-electron chi connectivity index (χ2n) is 11.7. The maximum Gasteiger partial charge on any atom is 0.344 e. The SMILES string of the molecule is C=C(C)C(=O)OCCCCCCc1cc(CCCCOC(=O)C(C)C)c2cc(-c3ccc(OC(=O)C(=C)C)cc3)c(=O)oc2c1. The summed E-state index contributed by atoms with van der Waals surface area (Å²) in [7, 11) is 0. The predicted octanol–water partition coefficient (Wildman–Crippen LogP) is 7.69. The molecule has 3 rings (SSSR count). The number of ether oxygens (including phenoxy) is 3. The topological polar surface area (TPSA) is 109 Å². The lowest BCUT2D eigenvalue weighted by Crippen LogP contribution is -2.12. The Hall–Kier alpha value is -4.46. The van der Waals surface area contributed by atoms with Gasteiger partial charge in [0.05, 0.1) is 24.7 Å². The van der Waals surface area contributed by atoms with Crippen molar-refractivity contribution in [2.75, 3.05) is 13.2 Å². The average molecular weight is 617 g/mol. The third-order valence-electron chi connectivity index (χ3n) is 7.22. The highest BCUT2D eigenvalue weighted by atomic mass is 16.5. The van der Waals surface area contributed by atoms with Crippen LogP contribution in [0, 0.1) is 5.92 Å². The van der Waals surface area contributed by atoms with Crippen LogP contribution in [0.4, 0.5) is 0 Å². The van der Waals surface area contributed by atoms with Gasteiger partial charge in [0, 0.05) is 16.5 Å². The largest absolute Gasteiger partial charge is 0.465 e. The number of fused-ring (bicyclic) bond motifs is 1. The highest BCUT2D eigenvalue weighted by Gasteiger charge is 2.14. The Balaban J connectivity index is 1.76. The first-order valence-electron chi connectivity index (χ1n) is 15.5. The molecule has 0 radical (unpaired) electrons. The second kappa shape index (κ2) is 17.1. The van der Waals surface area contributed by atoms with E-state index in [-0.39, 0.29) is 17.9 Å². The third kappa shape index (κ3) is 10.9. The number of benzene rings is 2. The summed E-state index contributed by atoms with van der Waals surface area (Å²) in [5, 5.41) is 0.852. The molecule has 0 aliphatic heterocycles. The number of esters is 3. The Morgan fingerprint density at radius 3 is 2.07 bits per heavy atom. The molecule has 8 heteroatoms. The van der Waals surface area contributed by atoms with Gasteiger partial charge in [0.2, 0.25) is 0 Å². The fourth-order valence-corrected chi connectivity index (χ4v) is 4.63. The fraction of sp³-hybridized carbons (Fsp3) is 0.405. The van der Waals surface area contributed by atoms with Gasteiger partial charge in [0.25, 0.3) is 0 Å². The van der Waals surface area contributed by atoms with Gasteiger partial charge < -0.3 is 18.6 Å². The molecule has 0 aliphatic carbocycles. The molecule has 0 saturated heterocycles. The van der Waals surface area contributed by atoms with E-state index in [2.05, 4.69) is 19.2 Å². The predicted molar refractivity (Wildman–Crippen MR) is 175 cm³/mol. The average Bonchev–Trinajstić information content (AvgIpc) is 3.00.